The van der Waals surface area contributed by atoms with Gasteiger partial charge in [-0.05, 0) is 56.7 Å². The Hall–Kier alpha value is -1.79. The molecule has 0 N–H and O–H groups in total. The third kappa shape index (κ3) is 5.07. The van der Waals surface area contributed by atoms with E-state index >= 15 is 0 Å². The van der Waals surface area contributed by atoms with Crippen LogP contribution in [0.1, 0.15) is 61.7 Å². The second kappa shape index (κ2) is 10.4. The summed E-state index contributed by atoms with van der Waals surface area (Å²) >= 11 is 12.3. The van der Waals surface area contributed by atoms with Crippen LogP contribution >= 0.6 is 23.2 Å². The molecule has 3 heterocycles. The van der Waals surface area contributed by atoms with Crippen molar-refractivity contribution in [1.29, 1.82) is 0 Å². The number of hydrogen-bond acceptors (Lipinski definition) is 3. The Morgan fingerprint density at radius 1 is 0.750 bits per heavy atom. The predicted molar refractivity (Wildman–Crippen MR) is 125 cm³/mol. The van der Waals surface area contributed by atoms with E-state index in [1.807, 2.05) is 9.80 Å². The highest BCUT2D eigenvalue weighted by molar-refractivity contribution is 6.35. The van der Waals surface area contributed by atoms with Crippen molar-refractivity contribution in [3.63, 3.8) is 0 Å². The lowest BCUT2D eigenvalue weighted by Gasteiger charge is -2.36. The fourth-order valence-corrected chi connectivity index (χ4v) is 5.56. The maximum absolute atomic E-state index is 13.3. The highest BCUT2D eigenvalue weighted by Crippen LogP contribution is 2.29. The van der Waals surface area contributed by atoms with E-state index in [1.54, 1.807) is 23.1 Å². The summed E-state index contributed by atoms with van der Waals surface area (Å²) in [6, 6.07) is 4.34. The second-order valence-electron chi connectivity index (χ2n) is 9.12. The molecule has 3 aliphatic heterocycles. The Balaban J connectivity index is 1.36. The Morgan fingerprint density at radius 2 is 1.41 bits per heavy atom. The van der Waals surface area contributed by atoms with Crippen LogP contribution in [0.5, 0.6) is 0 Å². The first kappa shape index (κ1) is 23.4. The number of likely N-dealkylation sites (tertiary alicyclic amines) is 3. The van der Waals surface area contributed by atoms with Crippen LogP contribution in [0.15, 0.2) is 18.2 Å². The first-order valence-corrected chi connectivity index (χ1v) is 12.5. The molecule has 0 radical (unpaired) electrons. The van der Waals surface area contributed by atoms with E-state index in [9.17, 15) is 14.4 Å². The quantitative estimate of drug-likeness (QED) is 0.651. The van der Waals surface area contributed by atoms with E-state index in [1.165, 1.54) is 12.8 Å². The summed E-state index contributed by atoms with van der Waals surface area (Å²) in [5, 5.41) is 0.779. The molecular formula is C24H31Cl2N3O3. The van der Waals surface area contributed by atoms with Gasteiger partial charge in [-0.15, -0.1) is 0 Å². The number of halogens is 2. The molecule has 3 aliphatic rings. The van der Waals surface area contributed by atoms with Crippen LogP contribution in [-0.2, 0) is 9.59 Å². The molecule has 8 heteroatoms. The minimum Gasteiger partial charge on any atom is -0.342 e. The predicted octanol–water partition coefficient (Wildman–Crippen LogP) is 4.24. The standard InChI is InChI=1S/C24H31Cl2N3O3/c25-18-7-8-20(26)19(16-18)23(31)29-13-5-6-21(29)24(32)28-14-9-17(10-15-28)22(30)27-11-3-1-2-4-12-27/h7-8,16-17,21H,1-6,9-15H2. The van der Waals surface area contributed by atoms with Gasteiger partial charge >= 0.3 is 0 Å². The van der Waals surface area contributed by atoms with Crippen molar-refractivity contribution in [2.45, 2.75) is 57.4 Å². The molecule has 1 aromatic rings. The fourth-order valence-electron chi connectivity index (χ4n) is 5.19. The molecule has 1 unspecified atom stereocenters. The first-order valence-electron chi connectivity index (χ1n) is 11.8. The molecular weight excluding hydrogens is 449 g/mol. The summed E-state index contributed by atoms with van der Waals surface area (Å²) in [5.41, 5.74) is 0.334. The van der Waals surface area contributed by atoms with Gasteiger partial charge in [0, 0.05) is 43.7 Å². The normalized spacial score (nSPS) is 22.7. The van der Waals surface area contributed by atoms with Gasteiger partial charge in [-0.1, -0.05) is 36.0 Å². The zero-order chi connectivity index (χ0) is 22.7. The van der Waals surface area contributed by atoms with Crippen LogP contribution in [0, 0.1) is 5.92 Å². The number of amides is 3. The topological polar surface area (TPSA) is 60.9 Å². The molecule has 0 saturated carbocycles. The van der Waals surface area contributed by atoms with Crippen molar-refractivity contribution in [3.05, 3.63) is 33.8 Å². The minimum absolute atomic E-state index is 0.00345. The summed E-state index contributed by atoms with van der Waals surface area (Å²) < 4.78 is 0. The average molecular weight is 480 g/mol. The van der Waals surface area contributed by atoms with Crippen LogP contribution < -0.4 is 0 Å². The Kier molecular flexibility index (Phi) is 7.62. The van der Waals surface area contributed by atoms with E-state index < -0.39 is 6.04 Å². The molecule has 3 amide bonds. The summed E-state index contributed by atoms with van der Waals surface area (Å²) in [6.07, 6.45) is 7.40. The van der Waals surface area contributed by atoms with Crippen molar-refractivity contribution in [3.8, 4) is 0 Å². The van der Waals surface area contributed by atoms with Gasteiger partial charge in [0.25, 0.3) is 5.91 Å². The maximum atomic E-state index is 13.3. The lowest BCUT2D eigenvalue weighted by atomic mass is 9.94. The lowest BCUT2D eigenvalue weighted by molar-refractivity contribution is -0.142. The summed E-state index contributed by atoms with van der Waals surface area (Å²) in [6.45, 7) is 3.40. The molecule has 0 spiro atoms. The SMILES string of the molecule is O=C(C1CCN(C(=O)C2CCCN2C(=O)c2cc(Cl)ccc2Cl)CC1)N1CCCCCC1. The number of carbonyl (C=O) groups is 3. The monoisotopic (exact) mass is 479 g/mol. The van der Waals surface area contributed by atoms with Gasteiger partial charge < -0.3 is 14.7 Å². The Morgan fingerprint density at radius 3 is 2.09 bits per heavy atom. The molecule has 1 atom stereocenters. The van der Waals surface area contributed by atoms with E-state index in [2.05, 4.69) is 0 Å². The molecule has 0 aromatic heterocycles. The van der Waals surface area contributed by atoms with Crippen molar-refractivity contribution in [2.24, 2.45) is 5.92 Å². The minimum atomic E-state index is -0.476. The Labute approximate surface area is 199 Å². The van der Waals surface area contributed by atoms with Crippen molar-refractivity contribution >= 4 is 40.9 Å². The third-order valence-electron chi connectivity index (χ3n) is 7.03. The summed E-state index contributed by atoms with van der Waals surface area (Å²) in [5.74, 6) is -0.00903. The van der Waals surface area contributed by atoms with Crippen LogP contribution in [0.25, 0.3) is 0 Å². The zero-order valence-corrected chi connectivity index (χ0v) is 19.9. The molecule has 174 valence electrons. The lowest BCUT2D eigenvalue weighted by Crippen LogP contribution is -2.51. The zero-order valence-electron chi connectivity index (χ0n) is 18.4. The Bertz CT molecular complexity index is 862. The molecule has 1 aromatic carbocycles. The smallest absolute Gasteiger partial charge is 0.256 e. The van der Waals surface area contributed by atoms with Crippen LogP contribution in [0.3, 0.4) is 0 Å². The van der Waals surface area contributed by atoms with E-state index in [4.69, 9.17) is 23.2 Å². The molecule has 3 saturated heterocycles. The first-order chi connectivity index (χ1) is 15.5. The van der Waals surface area contributed by atoms with Gasteiger partial charge in [0.1, 0.15) is 6.04 Å². The van der Waals surface area contributed by atoms with Gasteiger partial charge in [-0.2, -0.15) is 0 Å². The van der Waals surface area contributed by atoms with E-state index in [-0.39, 0.29) is 23.6 Å². The van der Waals surface area contributed by atoms with Gasteiger partial charge in [0.05, 0.1) is 10.6 Å². The number of rotatable bonds is 3. The molecule has 4 rings (SSSR count). The molecule has 0 aliphatic carbocycles. The van der Waals surface area contributed by atoms with E-state index in [0.717, 1.165) is 32.4 Å². The summed E-state index contributed by atoms with van der Waals surface area (Å²) in [7, 11) is 0. The number of benzene rings is 1. The largest absolute Gasteiger partial charge is 0.342 e. The van der Waals surface area contributed by atoms with Gasteiger partial charge in [0.15, 0.2) is 0 Å². The highest BCUT2D eigenvalue weighted by atomic mass is 35.5. The third-order valence-corrected chi connectivity index (χ3v) is 7.60. The second-order valence-corrected chi connectivity index (χ2v) is 9.96. The van der Waals surface area contributed by atoms with Crippen LogP contribution in [0.4, 0.5) is 0 Å². The summed E-state index contributed by atoms with van der Waals surface area (Å²) in [4.78, 5) is 44.9. The number of hydrogen-bond donors (Lipinski definition) is 0. The molecule has 6 nitrogen and oxygen atoms in total. The average Bonchev–Trinajstić information content (AvgIpc) is 3.14. The number of piperidine rings is 1. The van der Waals surface area contributed by atoms with Crippen molar-refractivity contribution in [1.82, 2.24) is 14.7 Å². The van der Waals surface area contributed by atoms with Gasteiger partial charge in [0.2, 0.25) is 11.8 Å². The number of carbonyl (C=O) groups excluding carboxylic acids is 3. The van der Waals surface area contributed by atoms with Crippen molar-refractivity contribution < 1.29 is 14.4 Å². The van der Waals surface area contributed by atoms with E-state index in [0.29, 0.717) is 54.5 Å². The molecule has 0 bridgehead atoms. The molecule has 3 fully saturated rings. The fraction of sp³-hybridized carbons (Fsp3) is 0.625. The van der Waals surface area contributed by atoms with Crippen molar-refractivity contribution in [2.75, 3.05) is 32.7 Å². The number of nitrogens with zero attached hydrogens (tertiary/aromatic N) is 3. The van der Waals surface area contributed by atoms with Gasteiger partial charge in [-0.25, -0.2) is 0 Å². The molecule has 32 heavy (non-hydrogen) atoms. The maximum Gasteiger partial charge on any atom is 0.256 e. The van der Waals surface area contributed by atoms with Crippen LogP contribution in [-0.4, -0.2) is 71.2 Å². The van der Waals surface area contributed by atoms with Crippen LogP contribution in [0.2, 0.25) is 10.0 Å². The van der Waals surface area contributed by atoms with Gasteiger partial charge in [-0.3, -0.25) is 14.4 Å². The highest BCUT2D eigenvalue weighted by Gasteiger charge is 2.39.